The number of benzene rings is 2. The van der Waals surface area contributed by atoms with E-state index < -0.39 is 0 Å². The Hall–Kier alpha value is -3.68. The number of aryl methyl sites for hydroxylation is 2. The van der Waals surface area contributed by atoms with E-state index in [2.05, 4.69) is 10.2 Å². The molecule has 35 heavy (non-hydrogen) atoms. The van der Waals surface area contributed by atoms with Gasteiger partial charge in [0.15, 0.2) is 0 Å². The second kappa shape index (κ2) is 10.3. The molecule has 7 heteroatoms. The number of nitrogens with zero attached hydrogens (tertiary/aromatic N) is 3. The molecule has 0 spiro atoms. The van der Waals surface area contributed by atoms with Gasteiger partial charge in [0.1, 0.15) is 17.2 Å². The molecule has 3 heterocycles. The van der Waals surface area contributed by atoms with Crippen LogP contribution in [0.25, 0.3) is 16.9 Å². The van der Waals surface area contributed by atoms with Gasteiger partial charge < -0.3 is 14.5 Å². The average molecular weight is 471 g/mol. The van der Waals surface area contributed by atoms with E-state index in [-0.39, 0.29) is 11.9 Å². The molecule has 0 bridgehead atoms. The Labute approximate surface area is 205 Å². The van der Waals surface area contributed by atoms with Gasteiger partial charge in [-0.05, 0) is 38.1 Å². The van der Waals surface area contributed by atoms with Gasteiger partial charge in [-0.15, -0.1) is 0 Å². The van der Waals surface area contributed by atoms with Gasteiger partial charge in [0.25, 0.3) is 5.91 Å². The maximum absolute atomic E-state index is 13.5. The van der Waals surface area contributed by atoms with Crippen LogP contribution in [0.5, 0.6) is 0 Å². The minimum atomic E-state index is -0.163. The molecule has 1 atom stereocenters. The highest BCUT2D eigenvalue weighted by molar-refractivity contribution is 6.00. The van der Waals surface area contributed by atoms with Crippen LogP contribution in [-0.2, 0) is 4.74 Å². The molecule has 1 fully saturated rings. The molecule has 7 nitrogen and oxygen atoms in total. The Kier molecular flexibility index (Phi) is 6.79. The predicted molar refractivity (Wildman–Crippen MR) is 135 cm³/mol. The Bertz CT molecular complexity index is 1270. The molecule has 1 unspecified atom stereocenters. The molecule has 5 rings (SSSR count). The molecule has 0 radical (unpaired) electrons. The summed E-state index contributed by atoms with van der Waals surface area (Å²) in [5.74, 6) is 1.54. The summed E-state index contributed by atoms with van der Waals surface area (Å²) >= 11 is 0. The fourth-order valence-electron chi connectivity index (χ4n) is 4.39. The van der Waals surface area contributed by atoms with Crippen LogP contribution in [0.4, 0.5) is 0 Å². The molecule has 1 aliphatic heterocycles. The zero-order valence-electron chi connectivity index (χ0n) is 20.1. The lowest BCUT2D eigenvalue weighted by Gasteiger charge is -2.33. The highest BCUT2D eigenvalue weighted by Gasteiger charge is 2.27. The van der Waals surface area contributed by atoms with Crippen molar-refractivity contribution < 1.29 is 13.9 Å². The minimum absolute atomic E-state index is 0.0659. The number of hydrogen-bond acceptors (Lipinski definition) is 5. The molecular weight excluding hydrogens is 440 g/mol. The lowest BCUT2D eigenvalue weighted by atomic mass is 10.1. The summed E-state index contributed by atoms with van der Waals surface area (Å²) in [6.07, 6.45) is 1.81. The van der Waals surface area contributed by atoms with Crippen LogP contribution in [-0.4, -0.2) is 53.4 Å². The van der Waals surface area contributed by atoms with Gasteiger partial charge in [0, 0.05) is 31.4 Å². The molecule has 1 aliphatic rings. The van der Waals surface area contributed by atoms with Gasteiger partial charge in [-0.3, -0.25) is 9.69 Å². The quantitative estimate of drug-likeness (QED) is 0.429. The number of furan rings is 1. The second-order valence-electron chi connectivity index (χ2n) is 8.86. The fourth-order valence-corrected chi connectivity index (χ4v) is 4.39. The molecule has 0 saturated carbocycles. The van der Waals surface area contributed by atoms with Crippen molar-refractivity contribution in [2.45, 2.75) is 19.9 Å². The predicted octanol–water partition coefficient (Wildman–Crippen LogP) is 4.55. The lowest BCUT2D eigenvalue weighted by Crippen LogP contribution is -2.43. The first-order valence-corrected chi connectivity index (χ1v) is 12.0. The summed E-state index contributed by atoms with van der Waals surface area (Å²) < 4.78 is 13.3. The van der Waals surface area contributed by atoms with E-state index in [1.807, 2.05) is 86.8 Å². The monoisotopic (exact) mass is 470 g/mol. The van der Waals surface area contributed by atoms with E-state index in [0.717, 1.165) is 35.9 Å². The summed E-state index contributed by atoms with van der Waals surface area (Å²) in [7, 11) is 0. The molecule has 180 valence electrons. The molecular formula is C28H30N4O3. The molecule has 2 aromatic carbocycles. The molecule has 0 aliphatic carbocycles. The van der Waals surface area contributed by atoms with E-state index in [1.165, 1.54) is 5.56 Å². The summed E-state index contributed by atoms with van der Waals surface area (Å²) in [6, 6.07) is 21.8. The maximum atomic E-state index is 13.5. The largest absolute Gasteiger partial charge is 0.465 e. The van der Waals surface area contributed by atoms with Crippen molar-refractivity contribution in [3.8, 4) is 16.9 Å². The molecule has 1 N–H and O–H groups in total. The van der Waals surface area contributed by atoms with Gasteiger partial charge in [0.05, 0.1) is 30.5 Å². The Morgan fingerprint density at radius 3 is 2.43 bits per heavy atom. The summed E-state index contributed by atoms with van der Waals surface area (Å²) in [6.45, 7) is 7.34. The summed E-state index contributed by atoms with van der Waals surface area (Å²) in [5.41, 5.74) is 4.16. The number of aromatic nitrogens is 2. The van der Waals surface area contributed by atoms with Gasteiger partial charge in [0.2, 0.25) is 0 Å². The standard InChI is InChI=1S/C28H30N4O3/c1-20-8-11-23(12-9-20)32-19-24(27(30-32)22-6-4-3-5-7-22)28(33)29-18-25(26-13-10-21(2)35-26)31-14-16-34-17-15-31/h3-13,19,25H,14-18H2,1-2H3,(H,29,33). The third-order valence-corrected chi connectivity index (χ3v) is 6.34. The van der Waals surface area contributed by atoms with E-state index in [9.17, 15) is 4.79 Å². The Balaban J connectivity index is 1.42. The van der Waals surface area contributed by atoms with Crippen molar-refractivity contribution in [1.29, 1.82) is 0 Å². The number of carbonyl (C=O) groups excluding carboxylic acids is 1. The van der Waals surface area contributed by atoms with Crippen molar-refractivity contribution in [1.82, 2.24) is 20.0 Å². The normalized spacial score (nSPS) is 15.1. The molecule has 1 saturated heterocycles. The third-order valence-electron chi connectivity index (χ3n) is 6.34. The van der Waals surface area contributed by atoms with E-state index >= 15 is 0 Å². The number of morpholine rings is 1. The smallest absolute Gasteiger partial charge is 0.255 e. The Morgan fingerprint density at radius 2 is 1.74 bits per heavy atom. The Morgan fingerprint density at radius 1 is 1.00 bits per heavy atom. The number of amides is 1. The van der Waals surface area contributed by atoms with E-state index in [4.69, 9.17) is 14.3 Å². The SMILES string of the molecule is Cc1ccc(-n2cc(C(=O)NCC(c3ccc(C)o3)N3CCOCC3)c(-c3ccccc3)n2)cc1. The van der Waals surface area contributed by atoms with Crippen molar-refractivity contribution in [2.24, 2.45) is 0 Å². The number of hydrogen-bond donors (Lipinski definition) is 1. The van der Waals surface area contributed by atoms with Crippen molar-refractivity contribution in [3.05, 3.63) is 95.6 Å². The highest BCUT2D eigenvalue weighted by atomic mass is 16.5. The molecule has 2 aromatic heterocycles. The van der Waals surface area contributed by atoms with Crippen LogP contribution in [0, 0.1) is 13.8 Å². The van der Waals surface area contributed by atoms with Crippen LogP contribution in [0.15, 0.2) is 77.3 Å². The van der Waals surface area contributed by atoms with Crippen molar-refractivity contribution >= 4 is 5.91 Å². The first-order chi connectivity index (χ1) is 17.1. The van der Waals surface area contributed by atoms with Crippen molar-refractivity contribution in [2.75, 3.05) is 32.8 Å². The van der Waals surface area contributed by atoms with Crippen molar-refractivity contribution in [3.63, 3.8) is 0 Å². The topological polar surface area (TPSA) is 72.5 Å². The molecule has 1 amide bonds. The second-order valence-corrected chi connectivity index (χ2v) is 8.86. The summed E-state index contributed by atoms with van der Waals surface area (Å²) in [5, 5.41) is 7.94. The van der Waals surface area contributed by atoms with Gasteiger partial charge in [-0.1, -0.05) is 48.0 Å². The van der Waals surface area contributed by atoms with E-state index in [1.54, 1.807) is 4.68 Å². The number of ether oxygens (including phenoxy) is 1. The number of rotatable bonds is 7. The third kappa shape index (κ3) is 5.21. The van der Waals surface area contributed by atoms with Crippen LogP contribution in [0.3, 0.4) is 0 Å². The number of carbonyl (C=O) groups is 1. The maximum Gasteiger partial charge on any atom is 0.255 e. The fraction of sp³-hybridized carbons (Fsp3) is 0.286. The van der Waals surface area contributed by atoms with Crippen LogP contribution < -0.4 is 5.32 Å². The van der Waals surface area contributed by atoms with Crippen LogP contribution in [0.1, 0.15) is 33.5 Å². The zero-order valence-corrected chi connectivity index (χ0v) is 20.1. The average Bonchev–Trinajstić information content (AvgIpc) is 3.53. The van der Waals surface area contributed by atoms with Gasteiger partial charge in [-0.25, -0.2) is 4.68 Å². The van der Waals surface area contributed by atoms with Gasteiger partial charge >= 0.3 is 0 Å². The van der Waals surface area contributed by atoms with Crippen LogP contribution >= 0.6 is 0 Å². The lowest BCUT2D eigenvalue weighted by molar-refractivity contribution is 0.0117. The van der Waals surface area contributed by atoms with E-state index in [0.29, 0.717) is 31.0 Å². The van der Waals surface area contributed by atoms with Gasteiger partial charge in [-0.2, -0.15) is 5.10 Å². The first kappa shape index (κ1) is 23.1. The first-order valence-electron chi connectivity index (χ1n) is 12.0. The summed E-state index contributed by atoms with van der Waals surface area (Å²) in [4.78, 5) is 15.8. The van der Waals surface area contributed by atoms with Crippen LogP contribution in [0.2, 0.25) is 0 Å². The highest BCUT2D eigenvalue weighted by Crippen LogP contribution is 2.26. The number of nitrogens with one attached hydrogen (secondary N) is 1. The molecule has 4 aromatic rings. The minimum Gasteiger partial charge on any atom is -0.465 e. The zero-order chi connectivity index (χ0) is 24.2.